The molecule has 2 aromatic rings. The van der Waals surface area contributed by atoms with Gasteiger partial charge < -0.3 is 15.4 Å². The molecule has 25 heavy (non-hydrogen) atoms. The Kier molecular flexibility index (Phi) is 8.25. The molecule has 136 valence electrons. The number of ether oxygens (including phenoxy) is 1. The Balaban J connectivity index is 1.74. The fourth-order valence-corrected chi connectivity index (χ4v) is 3.12. The van der Waals surface area contributed by atoms with Gasteiger partial charge in [-0.1, -0.05) is 12.1 Å². The highest BCUT2D eigenvalue weighted by Crippen LogP contribution is 2.13. The largest absolute Gasteiger partial charge is 0.497 e. The molecule has 0 amide bonds. The summed E-state index contributed by atoms with van der Waals surface area (Å²) in [5.74, 6) is 1.79. The van der Waals surface area contributed by atoms with Crippen molar-refractivity contribution in [2.45, 2.75) is 33.1 Å². The number of rotatable bonds is 9. The summed E-state index contributed by atoms with van der Waals surface area (Å²) >= 11 is 1.70. The van der Waals surface area contributed by atoms with E-state index in [0.717, 1.165) is 61.3 Å². The predicted molar refractivity (Wildman–Crippen MR) is 106 cm³/mol. The molecule has 1 aromatic carbocycles. The van der Waals surface area contributed by atoms with Crippen LogP contribution in [0.25, 0.3) is 0 Å². The Morgan fingerprint density at radius 1 is 1.28 bits per heavy atom. The zero-order chi connectivity index (χ0) is 17.9. The van der Waals surface area contributed by atoms with Crippen molar-refractivity contribution in [1.29, 1.82) is 0 Å². The van der Waals surface area contributed by atoms with Crippen molar-refractivity contribution in [2.24, 2.45) is 4.99 Å². The lowest BCUT2D eigenvalue weighted by atomic mass is 10.1. The summed E-state index contributed by atoms with van der Waals surface area (Å²) in [6.45, 7) is 6.61. The smallest absolute Gasteiger partial charge is 0.191 e. The summed E-state index contributed by atoms with van der Waals surface area (Å²) in [6, 6.07) is 8.22. The second-order valence-corrected chi connectivity index (χ2v) is 6.81. The fraction of sp³-hybridized carbons (Fsp3) is 0.474. The summed E-state index contributed by atoms with van der Waals surface area (Å²) in [4.78, 5) is 9.14. The maximum absolute atomic E-state index is 5.26. The first-order valence-corrected chi connectivity index (χ1v) is 9.65. The van der Waals surface area contributed by atoms with Gasteiger partial charge >= 0.3 is 0 Å². The molecule has 0 atom stereocenters. The molecular weight excluding hydrogens is 332 g/mol. The zero-order valence-electron chi connectivity index (χ0n) is 15.3. The van der Waals surface area contributed by atoms with Gasteiger partial charge in [0.15, 0.2) is 5.96 Å². The van der Waals surface area contributed by atoms with Gasteiger partial charge in [-0.15, -0.1) is 11.3 Å². The number of hydrogen-bond acceptors (Lipinski definition) is 4. The standard InChI is InChI=1S/C19H28N4OS/c1-4-20-19(22-12-10-17-14-25-15(2)23-17)21-11-6-8-16-7-5-9-18(13-16)24-3/h5,7,9,13-14H,4,6,8,10-12H2,1-3H3,(H2,20,21,22). The van der Waals surface area contributed by atoms with E-state index in [1.807, 2.05) is 19.1 Å². The van der Waals surface area contributed by atoms with Crippen molar-refractivity contribution >= 4 is 17.3 Å². The van der Waals surface area contributed by atoms with Gasteiger partial charge in [-0.3, -0.25) is 4.99 Å². The van der Waals surface area contributed by atoms with E-state index in [2.05, 4.69) is 45.0 Å². The molecular formula is C19H28N4OS. The van der Waals surface area contributed by atoms with Crippen LogP contribution in [0.1, 0.15) is 29.6 Å². The van der Waals surface area contributed by atoms with Crippen LogP contribution in [0.4, 0.5) is 0 Å². The maximum Gasteiger partial charge on any atom is 0.191 e. The molecule has 0 saturated carbocycles. The Labute approximate surface area is 154 Å². The first-order chi connectivity index (χ1) is 12.2. The van der Waals surface area contributed by atoms with Crippen LogP contribution in [0.15, 0.2) is 34.6 Å². The monoisotopic (exact) mass is 360 g/mol. The Morgan fingerprint density at radius 3 is 2.88 bits per heavy atom. The second-order valence-electron chi connectivity index (χ2n) is 5.75. The van der Waals surface area contributed by atoms with E-state index in [1.165, 1.54) is 5.56 Å². The van der Waals surface area contributed by atoms with Crippen molar-refractivity contribution in [3.05, 3.63) is 45.9 Å². The minimum absolute atomic E-state index is 0.794. The van der Waals surface area contributed by atoms with Crippen LogP contribution in [-0.4, -0.2) is 37.7 Å². The first-order valence-electron chi connectivity index (χ1n) is 8.77. The van der Waals surface area contributed by atoms with Crippen LogP contribution in [-0.2, 0) is 12.8 Å². The molecule has 2 rings (SSSR count). The van der Waals surface area contributed by atoms with E-state index in [-0.39, 0.29) is 0 Å². The van der Waals surface area contributed by atoms with Gasteiger partial charge in [-0.05, 0) is 44.4 Å². The lowest BCUT2D eigenvalue weighted by Crippen LogP contribution is -2.38. The van der Waals surface area contributed by atoms with Gasteiger partial charge in [0.2, 0.25) is 0 Å². The molecule has 0 radical (unpaired) electrons. The lowest BCUT2D eigenvalue weighted by molar-refractivity contribution is 0.414. The third-order valence-electron chi connectivity index (χ3n) is 3.71. The van der Waals surface area contributed by atoms with Crippen molar-refractivity contribution in [2.75, 3.05) is 26.7 Å². The third-order valence-corrected chi connectivity index (χ3v) is 4.53. The molecule has 1 heterocycles. The minimum atomic E-state index is 0.794. The molecule has 1 aromatic heterocycles. The molecule has 5 nitrogen and oxygen atoms in total. The van der Waals surface area contributed by atoms with Crippen LogP contribution in [0.5, 0.6) is 5.75 Å². The average molecular weight is 361 g/mol. The molecule has 0 aliphatic rings. The maximum atomic E-state index is 5.26. The van der Waals surface area contributed by atoms with Crippen molar-refractivity contribution < 1.29 is 4.74 Å². The normalized spacial score (nSPS) is 11.4. The Morgan fingerprint density at radius 2 is 2.16 bits per heavy atom. The number of aromatic nitrogens is 1. The zero-order valence-corrected chi connectivity index (χ0v) is 16.2. The van der Waals surface area contributed by atoms with Crippen molar-refractivity contribution in [1.82, 2.24) is 15.6 Å². The van der Waals surface area contributed by atoms with Gasteiger partial charge in [-0.25, -0.2) is 4.98 Å². The van der Waals surface area contributed by atoms with E-state index in [4.69, 9.17) is 4.74 Å². The summed E-state index contributed by atoms with van der Waals surface area (Å²) in [7, 11) is 1.70. The minimum Gasteiger partial charge on any atom is -0.497 e. The molecule has 0 saturated heterocycles. The lowest BCUT2D eigenvalue weighted by Gasteiger charge is -2.10. The molecule has 6 heteroatoms. The van der Waals surface area contributed by atoms with Crippen LogP contribution >= 0.6 is 11.3 Å². The first kappa shape index (κ1) is 19.2. The molecule has 0 unspecified atom stereocenters. The summed E-state index contributed by atoms with van der Waals surface area (Å²) < 4.78 is 5.26. The molecule has 0 spiro atoms. The summed E-state index contributed by atoms with van der Waals surface area (Å²) in [5.41, 5.74) is 2.43. The number of benzene rings is 1. The molecule has 0 fully saturated rings. The summed E-state index contributed by atoms with van der Waals surface area (Å²) in [5, 5.41) is 9.91. The van der Waals surface area contributed by atoms with E-state index in [1.54, 1.807) is 18.4 Å². The number of aryl methyl sites for hydroxylation is 2. The van der Waals surface area contributed by atoms with E-state index in [0.29, 0.717) is 0 Å². The van der Waals surface area contributed by atoms with Gasteiger partial charge in [0.25, 0.3) is 0 Å². The van der Waals surface area contributed by atoms with Crippen LogP contribution in [0.3, 0.4) is 0 Å². The third kappa shape index (κ3) is 7.13. The highest BCUT2D eigenvalue weighted by Gasteiger charge is 2.01. The number of methoxy groups -OCH3 is 1. The van der Waals surface area contributed by atoms with Crippen LogP contribution < -0.4 is 15.4 Å². The van der Waals surface area contributed by atoms with E-state index >= 15 is 0 Å². The number of nitrogens with zero attached hydrogens (tertiary/aromatic N) is 2. The molecule has 2 N–H and O–H groups in total. The number of nitrogens with one attached hydrogen (secondary N) is 2. The van der Waals surface area contributed by atoms with E-state index in [9.17, 15) is 0 Å². The highest BCUT2D eigenvalue weighted by atomic mass is 32.1. The number of hydrogen-bond donors (Lipinski definition) is 2. The fourth-order valence-electron chi connectivity index (χ4n) is 2.48. The van der Waals surface area contributed by atoms with Crippen molar-refractivity contribution in [3.63, 3.8) is 0 Å². The quantitative estimate of drug-likeness (QED) is 0.410. The van der Waals surface area contributed by atoms with Crippen molar-refractivity contribution in [3.8, 4) is 5.75 Å². The molecule has 0 aliphatic heterocycles. The Bertz CT molecular complexity index is 669. The topological polar surface area (TPSA) is 58.5 Å². The van der Waals surface area contributed by atoms with Crippen LogP contribution in [0.2, 0.25) is 0 Å². The SMILES string of the molecule is CCNC(=NCCCc1cccc(OC)c1)NCCc1csc(C)n1. The highest BCUT2D eigenvalue weighted by molar-refractivity contribution is 7.09. The van der Waals surface area contributed by atoms with E-state index < -0.39 is 0 Å². The number of thiazole rings is 1. The number of guanidine groups is 1. The second kappa shape index (κ2) is 10.7. The number of aliphatic imine (C=N–C) groups is 1. The summed E-state index contributed by atoms with van der Waals surface area (Å²) in [6.07, 6.45) is 2.92. The van der Waals surface area contributed by atoms with Gasteiger partial charge in [-0.2, -0.15) is 0 Å². The Hall–Kier alpha value is -2.08. The van der Waals surface area contributed by atoms with Gasteiger partial charge in [0.1, 0.15) is 5.75 Å². The average Bonchev–Trinajstić information content (AvgIpc) is 3.04. The van der Waals surface area contributed by atoms with Gasteiger partial charge in [0, 0.05) is 31.4 Å². The molecule has 0 aliphatic carbocycles. The van der Waals surface area contributed by atoms with Crippen LogP contribution in [0, 0.1) is 6.92 Å². The predicted octanol–water partition coefficient (Wildman–Crippen LogP) is 3.19. The van der Waals surface area contributed by atoms with Gasteiger partial charge in [0.05, 0.1) is 17.8 Å². The molecule has 0 bridgehead atoms.